The molecule has 2 aromatic rings. The van der Waals surface area contributed by atoms with E-state index in [-0.39, 0.29) is 12.2 Å². The normalized spacial score (nSPS) is 20.1. The molecule has 0 saturated carbocycles. The summed E-state index contributed by atoms with van der Waals surface area (Å²) < 4.78 is 16.5. The van der Waals surface area contributed by atoms with E-state index in [2.05, 4.69) is 31.2 Å². The molecule has 224 valence electrons. The van der Waals surface area contributed by atoms with Crippen LogP contribution in [0.4, 0.5) is 16.6 Å². The number of nitrogens with one attached hydrogen (secondary N) is 4. The predicted molar refractivity (Wildman–Crippen MR) is 155 cm³/mol. The van der Waals surface area contributed by atoms with Crippen LogP contribution < -0.4 is 21.3 Å². The molecule has 2 amide bonds. The first kappa shape index (κ1) is 30.4. The minimum atomic E-state index is -0.662. The molecule has 4 rings (SSSR count). The second kappa shape index (κ2) is 14.9. The highest BCUT2D eigenvalue weighted by molar-refractivity contribution is 5.85. The Morgan fingerprint density at radius 3 is 2.34 bits per heavy atom. The zero-order valence-electron chi connectivity index (χ0n) is 24.3. The average molecular weight is 570 g/mol. The Morgan fingerprint density at radius 1 is 0.927 bits per heavy atom. The SMILES string of the molecule is CC(C)(C)OC(=O)N[C@@H]1CCCCNc2nc(ncc2-c2ccc(C3OCCO3)cn2)NCCCCCCNC1=O. The quantitative estimate of drug-likeness (QED) is 0.424. The van der Waals surface area contributed by atoms with E-state index < -0.39 is 17.7 Å². The molecule has 2 aliphatic heterocycles. The summed E-state index contributed by atoms with van der Waals surface area (Å²) in [6, 6.07) is 3.20. The summed E-state index contributed by atoms with van der Waals surface area (Å²) in [4.78, 5) is 39.2. The van der Waals surface area contributed by atoms with E-state index in [4.69, 9.17) is 19.2 Å². The van der Waals surface area contributed by atoms with E-state index in [0.29, 0.717) is 50.9 Å². The van der Waals surface area contributed by atoms with Crippen LogP contribution >= 0.6 is 0 Å². The van der Waals surface area contributed by atoms with Crippen LogP contribution in [0.15, 0.2) is 24.5 Å². The van der Waals surface area contributed by atoms with Crippen LogP contribution in [0.25, 0.3) is 11.3 Å². The number of hydrogen-bond acceptors (Lipinski definition) is 10. The number of anilines is 2. The number of hydrogen-bond donors (Lipinski definition) is 4. The van der Waals surface area contributed by atoms with Crippen molar-refractivity contribution in [2.75, 3.05) is 43.5 Å². The molecular weight excluding hydrogens is 526 g/mol. The van der Waals surface area contributed by atoms with Crippen LogP contribution in [0.1, 0.15) is 77.6 Å². The second-order valence-electron chi connectivity index (χ2n) is 11.3. The predicted octanol–water partition coefficient (Wildman–Crippen LogP) is 4.16. The summed E-state index contributed by atoms with van der Waals surface area (Å²) in [7, 11) is 0. The Morgan fingerprint density at radius 2 is 1.63 bits per heavy atom. The molecular formula is C29H43N7O5. The van der Waals surface area contributed by atoms with E-state index >= 15 is 0 Å². The third-order valence-electron chi connectivity index (χ3n) is 6.65. The monoisotopic (exact) mass is 569 g/mol. The van der Waals surface area contributed by atoms with Gasteiger partial charge >= 0.3 is 6.09 Å². The van der Waals surface area contributed by atoms with Crippen molar-refractivity contribution in [3.63, 3.8) is 0 Å². The molecule has 2 bridgehead atoms. The Labute approximate surface area is 241 Å². The van der Waals surface area contributed by atoms with Crippen molar-refractivity contribution in [1.82, 2.24) is 25.6 Å². The lowest BCUT2D eigenvalue weighted by atomic mass is 10.1. The van der Waals surface area contributed by atoms with Gasteiger partial charge in [-0.05, 0) is 58.9 Å². The lowest BCUT2D eigenvalue weighted by Gasteiger charge is -2.23. The smallest absolute Gasteiger partial charge is 0.408 e. The number of alkyl carbamates (subject to hydrolysis) is 1. The van der Waals surface area contributed by atoms with Gasteiger partial charge in [-0.15, -0.1) is 0 Å². The van der Waals surface area contributed by atoms with E-state index in [9.17, 15) is 9.59 Å². The highest BCUT2D eigenvalue weighted by Crippen LogP contribution is 2.28. The highest BCUT2D eigenvalue weighted by atomic mass is 16.7. The minimum absolute atomic E-state index is 0.183. The third kappa shape index (κ3) is 9.82. The first-order chi connectivity index (χ1) is 19.8. The molecule has 0 radical (unpaired) electrons. The molecule has 1 atom stereocenters. The Balaban J connectivity index is 1.44. The fourth-order valence-electron chi connectivity index (χ4n) is 4.58. The van der Waals surface area contributed by atoms with E-state index in [0.717, 1.165) is 55.5 Å². The number of ether oxygens (including phenoxy) is 3. The zero-order valence-corrected chi connectivity index (χ0v) is 24.3. The van der Waals surface area contributed by atoms with Crippen LogP contribution in [0.3, 0.4) is 0 Å². The maximum absolute atomic E-state index is 12.9. The molecule has 2 aromatic heterocycles. The number of rotatable bonds is 3. The summed E-state index contributed by atoms with van der Waals surface area (Å²) in [5, 5.41) is 12.5. The van der Waals surface area contributed by atoms with E-state index in [1.807, 2.05) is 12.1 Å². The number of carbonyl (C=O) groups excluding carboxylic acids is 2. The van der Waals surface area contributed by atoms with Gasteiger partial charge in [-0.25, -0.2) is 9.78 Å². The van der Waals surface area contributed by atoms with Crippen molar-refractivity contribution in [3.05, 3.63) is 30.1 Å². The lowest BCUT2D eigenvalue weighted by molar-refractivity contribution is -0.123. The summed E-state index contributed by atoms with van der Waals surface area (Å²) in [6.07, 6.45) is 8.35. The first-order valence-corrected chi connectivity index (χ1v) is 14.6. The highest BCUT2D eigenvalue weighted by Gasteiger charge is 2.24. The third-order valence-corrected chi connectivity index (χ3v) is 6.65. The van der Waals surface area contributed by atoms with Gasteiger partial charge in [0.1, 0.15) is 17.5 Å². The second-order valence-corrected chi connectivity index (χ2v) is 11.3. The van der Waals surface area contributed by atoms with Crippen LogP contribution in [-0.2, 0) is 19.0 Å². The van der Waals surface area contributed by atoms with E-state index in [1.54, 1.807) is 33.2 Å². The standard InChI is InChI=1S/C29H43N7O5/c1-29(2,3)41-28(38)35-23-10-6-9-13-30-24-21(22-12-11-20(18-33-22)26-39-16-17-40-26)19-34-27(36-24)32-15-8-5-4-7-14-31-25(23)37/h11-12,18-19,23,26H,4-10,13-17H2,1-3H3,(H,31,37)(H,35,38)(H2,30,32,34,36)/t23-/m1/s1. The molecule has 41 heavy (non-hydrogen) atoms. The largest absolute Gasteiger partial charge is 0.444 e. The molecule has 4 N–H and O–H groups in total. The number of pyridine rings is 1. The Bertz CT molecular complexity index is 1130. The van der Waals surface area contributed by atoms with Crippen molar-refractivity contribution < 1.29 is 23.8 Å². The van der Waals surface area contributed by atoms with Gasteiger partial charge in [0.25, 0.3) is 0 Å². The van der Waals surface area contributed by atoms with Gasteiger partial charge in [0.15, 0.2) is 6.29 Å². The van der Waals surface area contributed by atoms with Gasteiger partial charge in [0.05, 0.1) is 24.5 Å². The summed E-state index contributed by atoms with van der Waals surface area (Å²) in [5.74, 6) is 1.06. The number of fused-ring (bicyclic) bond motifs is 2. The summed E-state index contributed by atoms with van der Waals surface area (Å²) in [6.45, 7) is 8.49. The number of nitrogens with zero attached hydrogens (tertiary/aromatic N) is 3. The van der Waals surface area contributed by atoms with Crippen LogP contribution in [0, 0.1) is 0 Å². The van der Waals surface area contributed by atoms with Crippen molar-refractivity contribution in [1.29, 1.82) is 0 Å². The fraction of sp³-hybridized carbons (Fsp3) is 0.621. The molecule has 1 saturated heterocycles. The number of amides is 2. The van der Waals surface area contributed by atoms with Gasteiger partial charge in [0.2, 0.25) is 11.9 Å². The zero-order chi connectivity index (χ0) is 29.1. The van der Waals surface area contributed by atoms with Crippen molar-refractivity contribution in [3.8, 4) is 11.3 Å². The van der Waals surface area contributed by atoms with Crippen molar-refractivity contribution in [2.24, 2.45) is 0 Å². The topological polar surface area (TPSA) is 149 Å². The Kier molecular flexibility index (Phi) is 11.1. The number of carbonyl (C=O) groups is 2. The maximum atomic E-state index is 12.9. The molecule has 0 unspecified atom stereocenters. The fourth-order valence-corrected chi connectivity index (χ4v) is 4.58. The van der Waals surface area contributed by atoms with Crippen molar-refractivity contribution in [2.45, 2.75) is 83.6 Å². The van der Waals surface area contributed by atoms with Crippen LogP contribution in [0.2, 0.25) is 0 Å². The van der Waals surface area contributed by atoms with Gasteiger partial charge in [0, 0.05) is 37.6 Å². The molecule has 1 fully saturated rings. The van der Waals surface area contributed by atoms with Gasteiger partial charge in [-0.2, -0.15) is 4.98 Å². The van der Waals surface area contributed by atoms with E-state index in [1.165, 1.54) is 0 Å². The molecule has 2 aliphatic rings. The molecule has 0 spiro atoms. The number of aromatic nitrogens is 3. The lowest BCUT2D eigenvalue weighted by Crippen LogP contribution is -2.48. The average Bonchev–Trinajstić information content (AvgIpc) is 3.47. The van der Waals surface area contributed by atoms with Gasteiger partial charge < -0.3 is 35.5 Å². The Hall–Kier alpha value is -3.51. The van der Waals surface area contributed by atoms with Gasteiger partial charge in [-0.1, -0.05) is 18.9 Å². The molecule has 12 nitrogen and oxygen atoms in total. The van der Waals surface area contributed by atoms with Crippen LogP contribution in [0.5, 0.6) is 0 Å². The summed E-state index contributed by atoms with van der Waals surface area (Å²) >= 11 is 0. The summed E-state index contributed by atoms with van der Waals surface area (Å²) in [5.41, 5.74) is 1.75. The molecule has 12 heteroatoms. The van der Waals surface area contributed by atoms with Crippen molar-refractivity contribution >= 4 is 23.8 Å². The minimum Gasteiger partial charge on any atom is -0.444 e. The van der Waals surface area contributed by atoms with Gasteiger partial charge in [-0.3, -0.25) is 9.78 Å². The van der Waals surface area contributed by atoms with Crippen LogP contribution in [-0.4, -0.2) is 71.4 Å². The maximum Gasteiger partial charge on any atom is 0.408 e. The molecule has 0 aromatic carbocycles. The molecule has 4 heterocycles. The first-order valence-electron chi connectivity index (χ1n) is 14.6. The molecule has 0 aliphatic carbocycles.